The molecule has 0 saturated heterocycles. The Balaban J connectivity index is 2.15. The molecule has 0 atom stereocenters. The predicted molar refractivity (Wildman–Crippen MR) is 84.7 cm³/mol. The maximum atomic E-state index is 13.2. The van der Waals surface area contributed by atoms with Gasteiger partial charge in [-0.2, -0.15) is 0 Å². The van der Waals surface area contributed by atoms with Crippen LogP contribution in [0.1, 0.15) is 51.0 Å². The molecule has 2 nitrogen and oxygen atoms in total. The van der Waals surface area contributed by atoms with Gasteiger partial charge in [0.05, 0.1) is 5.41 Å². The SMILES string of the molecule is CCCC1CCC(Cc2ccc(F)cc2Br)(C(=O)O)CC1. The van der Waals surface area contributed by atoms with E-state index in [2.05, 4.69) is 22.9 Å². The first-order valence-electron chi connectivity index (χ1n) is 7.64. The van der Waals surface area contributed by atoms with Gasteiger partial charge in [0.1, 0.15) is 5.82 Å². The molecule has 1 saturated carbocycles. The third-order valence-electron chi connectivity index (χ3n) is 4.76. The smallest absolute Gasteiger partial charge is 0.309 e. The molecule has 0 amide bonds. The summed E-state index contributed by atoms with van der Waals surface area (Å²) in [6, 6.07) is 4.51. The minimum Gasteiger partial charge on any atom is -0.481 e. The van der Waals surface area contributed by atoms with Crippen molar-refractivity contribution in [3.8, 4) is 0 Å². The van der Waals surface area contributed by atoms with Crippen molar-refractivity contribution in [3.63, 3.8) is 0 Å². The predicted octanol–water partition coefficient (Wildman–Crippen LogP) is 5.19. The summed E-state index contributed by atoms with van der Waals surface area (Å²) in [6.07, 6.45) is 6.23. The molecule has 0 aliphatic heterocycles. The monoisotopic (exact) mass is 356 g/mol. The van der Waals surface area contributed by atoms with Gasteiger partial charge in [0.2, 0.25) is 0 Å². The summed E-state index contributed by atoms with van der Waals surface area (Å²) in [5, 5.41) is 9.72. The average Bonchev–Trinajstić information content (AvgIpc) is 2.44. The molecule has 21 heavy (non-hydrogen) atoms. The summed E-state index contributed by atoms with van der Waals surface area (Å²) >= 11 is 3.35. The van der Waals surface area contributed by atoms with Gasteiger partial charge in [-0.05, 0) is 55.7 Å². The Hall–Kier alpha value is -0.900. The van der Waals surface area contributed by atoms with Crippen LogP contribution in [0.3, 0.4) is 0 Å². The molecule has 116 valence electrons. The van der Waals surface area contributed by atoms with Gasteiger partial charge in [-0.1, -0.05) is 41.8 Å². The quantitative estimate of drug-likeness (QED) is 0.787. The second-order valence-corrected chi connectivity index (χ2v) is 7.08. The van der Waals surface area contributed by atoms with Gasteiger partial charge in [0, 0.05) is 4.47 Å². The zero-order chi connectivity index (χ0) is 15.5. The highest BCUT2D eigenvalue weighted by Crippen LogP contribution is 2.44. The van der Waals surface area contributed by atoms with E-state index in [-0.39, 0.29) is 5.82 Å². The first-order chi connectivity index (χ1) is 9.97. The van der Waals surface area contributed by atoms with E-state index in [1.165, 1.54) is 18.6 Å². The van der Waals surface area contributed by atoms with E-state index in [1.807, 2.05) is 0 Å². The van der Waals surface area contributed by atoms with Crippen molar-refractivity contribution in [2.45, 2.75) is 51.9 Å². The molecule has 1 fully saturated rings. The Bertz CT molecular complexity index is 508. The van der Waals surface area contributed by atoms with E-state index >= 15 is 0 Å². The van der Waals surface area contributed by atoms with Crippen molar-refractivity contribution < 1.29 is 14.3 Å². The molecule has 0 heterocycles. The molecule has 1 N–H and O–H groups in total. The van der Waals surface area contributed by atoms with Crippen LogP contribution in [0.2, 0.25) is 0 Å². The number of rotatable bonds is 5. The highest BCUT2D eigenvalue weighted by atomic mass is 79.9. The lowest BCUT2D eigenvalue weighted by Crippen LogP contribution is -2.37. The molecule has 0 spiro atoms. The summed E-state index contributed by atoms with van der Waals surface area (Å²) in [5.74, 6) is -0.352. The maximum absolute atomic E-state index is 13.2. The van der Waals surface area contributed by atoms with Gasteiger partial charge < -0.3 is 5.11 Å². The van der Waals surface area contributed by atoms with Crippen LogP contribution in [-0.4, -0.2) is 11.1 Å². The van der Waals surface area contributed by atoms with Crippen LogP contribution in [0.25, 0.3) is 0 Å². The topological polar surface area (TPSA) is 37.3 Å². The van der Waals surface area contributed by atoms with Crippen molar-refractivity contribution in [2.24, 2.45) is 11.3 Å². The Kier molecular flexibility index (Phi) is 5.42. The zero-order valence-corrected chi connectivity index (χ0v) is 14.0. The number of benzene rings is 1. The van der Waals surface area contributed by atoms with E-state index < -0.39 is 11.4 Å². The number of halogens is 2. The van der Waals surface area contributed by atoms with Gasteiger partial charge in [-0.3, -0.25) is 4.79 Å². The van der Waals surface area contributed by atoms with Crippen LogP contribution in [0.5, 0.6) is 0 Å². The van der Waals surface area contributed by atoms with Crippen LogP contribution in [0.15, 0.2) is 22.7 Å². The van der Waals surface area contributed by atoms with Crippen molar-refractivity contribution in [1.82, 2.24) is 0 Å². The summed E-state index contributed by atoms with van der Waals surface area (Å²) in [6.45, 7) is 2.18. The molecule has 1 aliphatic carbocycles. The lowest BCUT2D eigenvalue weighted by molar-refractivity contribution is -0.151. The van der Waals surface area contributed by atoms with Crippen LogP contribution in [0.4, 0.5) is 4.39 Å². The Labute approximate surface area is 133 Å². The van der Waals surface area contributed by atoms with Crippen LogP contribution >= 0.6 is 15.9 Å². The fourth-order valence-electron chi connectivity index (χ4n) is 3.42. The number of hydrogen-bond acceptors (Lipinski definition) is 1. The van der Waals surface area contributed by atoms with E-state index in [0.29, 0.717) is 16.8 Å². The van der Waals surface area contributed by atoms with Gasteiger partial charge >= 0.3 is 5.97 Å². The van der Waals surface area contributed by atoms with Crippen LogP contribution in [-0.2, 0) is 11.2 Å². The van der Waals surface area contributed by atoms with Gasteiger partial charge in [0.15, 0.2) is 0 Å². The average molecular weight is 357 g/mol. The first kappa shape index (κ1) is 16.5. The van der Waals surface area contributed by atoms with E-state index in [1.54, 1.807) is 6.07 Å². The lowest BCUT2D eigenvalue weighted by atomic mass is 9.67. The molecule has 0 bridgehead atoms. The van der Waals surface area contributed by atoms with E-state index in [9.17, 15) is 14.3 Å². The minimum absolute atomic E-state index is 0.304. The molecular formula is C17H22BrFO2. The van der Waals surface area contributed by atoms with Gasteiger partial charge in [0.25, 0.3) is 0 Å². The van der Waals surface area contributed by atoms with Crippen molar-refractivity contribution >= 4 is 21.9 Å². The molecule has 0 radical (unpaired) electrons. The van der Waals surface area contributed by atoms with Gasteiger partial charge in [-0.15, -0.1) is 0 Å². The number of carbonyl (C=O) groups is 1. The number of carboxylic acids is 1. The number of aliphatic carboxylic acids is 1. The second-order valence-electron chi connectivity index (χ2n) is 6.23. The first-order valence-corrected chi connectivity index (χ1v) is 8.43. The largest absolute Gasteiger partial charge is 0.481 e. The normalized spacial score (nSPS) is 25.8. The van der Waals surface area contributed by atoms with Gasteiger partial charge in [-0.25, -0.2) is 4.39 Å². The molecule has 0 unspecified atom stereocenters. The summed E-state index contributed by atoms with van der Waals surface area (Å²) in [4.78, 5) is 11.8. The Morgan fingerprint density at radius 3 is 2.62 bits per heavy atom. The Morgan fingerprint density at radius 2 is 2.10 bits per heavy atom. The fraction of sp³-hybridized carbons (Fsp3) is 0.588. The standard InChI is InChI=1S/C17H22BrFO2/c1-2-3-12-6-8-17(9-7-12,16(20)21)11-13-4-5-14(19)10-15(13)18/h4-5,10,12H,2-3,6-9,11H2,1H3,(H,20,21). The number of carboxylic acid groups (broad SMARTS) is 1. The molecule has 1 aromatic rings. The number of hydrogen-bond donors (Lipinski definition) is 1. The molecular weight excluding hydrogens is 335 g/mol. The Morgan fingerprint density at radius 1 is 1.43 bits per heavy atom. The fourth-order valence-corrected chi connectivity index (χ4v) is 3.91. The van der Waals surface area contributed by atoms with Crippen LogP contribution in [0, 0.1) is 17.2 Å². The third kappa shape index (κ3) is 3.85. The minimum atomic E-state index is -0.714. The molecule has 2 rings (SSSR count). The van der Waals surface area contributed by atoms with E-state index in [0.717, 1.165) is 37.7 Å². The molecule has 1 aliphatic rings. The second kappa shape index (κ2) is 6.91. The summed E-state index contributed by atoms with van der Waals surface area (Å²) in [5.41, 5.74) is 0.192. The van der Waals surface area contributed by atoms with Crippen LogP contribution < -0.4 is 0 Å². The van der Waals surface area contributed by atoms with E-state index in [4.69, 9.17) is 0 Å². The molecule has 4 heteroatoms. The zero-order valence-electron chi connectivity index (χ0n) is 12.4. The highest BCUT2D eigenvalue weighted by Gasteiger charge is 2.42. The molecule has 1 aromatic carbocycles. The van der Waals surface area contributed by atoms with Crippen molar-refractivity contribution in [1.29, 1.82) is 0 Å². The lowest BCUT2D eigenvalue weighted by Gasteiger charge is -2.37. The third-order valence-corrected chi connectivity index (χ3v) is 5.50. The summed E-state index contributed by atoms with van der Waals surface area (Å²) in [7, 11) is 0. The summed E-state index contributed by atoms with van der Waals surface area (Å²) < 4.78 is 13.8. The highest BCUT2D eigenvalue weighted by molar-refractivity contribution is 9.10. The van der Waals surface area contributed by atoms with Crippen molar-refractivity contribution in [3.05, 3.63) is 34.1 Å². The molecule has 0 aromatic heterocycles. The maximum Gasteiger partial charge on any atom is 0.309 e. The van der Waals surface area contributed by atoms with Crippen molar-refractivity contribution in [2.75, 3.05) is 0 Å².